The van der Waals surface area contributed by atoms with Crippen LogP contribution in [0.4, 0.5) is 5.69 Å². The molecule has 3 rings (SSSR count). The molecule has 0 bridgehead atoms. The van der Waals surface area contributed by atoms with Crippen LogP contribution < -0.4 is 15.0 Å². The Labute approximate surface area is 138 Å². The second-order valence-electron chi connectivity index (χ2n) is 6.63. The van der Waals surface area contributed by atoms with E-state index in [9.17, 15) is 4.79 Å². The summed E-state index contributed by atoms with van der Waals surface area (Å²) in [5.41, 5.74) is 1.14. The van der Waals surface area contributed by atoms with Gasteiger partial charge in [-0.15, -0.1) is 0 Å². The van der Waals surface area contributed by atoms with Gasteiger partial charge in [-0.05, 0) is 37.8 Å². The number of hydrogen-bond donors (Lipinski definition) is 1. The maximum absolute atomic E-state index is 12.1. The lowest BCUT2D eigenvalue weighted by molar-refractivity contribution is -0.123. The standard InChI is InChI=1S/C18H27N3O2/c1-14(15-7-8-15)19-18(22)13-20-9-11-21(12-10-20)16-5-3-4-6-17(16)23-2/h3-6,14-15H,7-13H2,1-2H3,(H,19,22)/t14-/m0/s1. The fourth-order valence-corrected chi connectivity index (χ4v) is 3.25. The Hall–Kier alpha value is -1.75. The van der Waals surface area contributed by atoms with Gasteiger partial charge in [0, 0.05) is 32.2 Å². The van der Waals surface area contributed by atoms with Crippen LogP contribution in [0.25, 0.3) is 0 Å². The normalized spacial score (nSPS) is 20.2. The minimum absolute atomic E-state index is 0.162. The summed E-state index contributed by atoms with van der Waals surface area (Å²) >= 11 is 0. The summed E-state index contributed by atoms with van der Waals surface area (Å²) in [5.74, 6) is 1.79. The van der Waals surface area contributed by atoms with Gasteiger partial charge in [-0.25, -0.2) is 0 Å². The number of piperazine rings is 1. The SMILES string of the molecule is COc1ccccc1N1CCN(CC(=O)N[C@@H](C)C2CC2)CC1. The van der Waals surface area contributed by atoms with Crippen molar-refractivity contribution in [3.05, 3.63) is 24.3 Å². The third kappa shape index (κ3) is 4.16. The minimum Gasteiger partial charge on any atom is -0.495 e. The van der Waals surface area contributed by atoms with Crippen molar-refractivity contribution in [3.63, 3.8) is 0 Å². The topological polar surface area (TPSA) is 44.8 Å². The summed E-state index contributed by atoms with van der Waals surface area (Å²) in [5, 5.41) is 3.14. The molecular formula is C18H27N3O2. The number of anilines is 1. The summed E-state index contributed by atoms with van der Waals surface area (Å²) in [7, 11) is 1.71. The number of nitrogens with one attached hydrogen (secondary N) is 1. The molecule has 0 aromatic heterocycles. The third-order valence-corrected chi connectivity index (χ3v) is 4.88. The number of rotatable bonds is 6. The van der Waals surface area contributed by atoms with E-state index in [2.05, 4.69) is 28.1 Å². The lowest BCUT2D eigenvalue weighted by Crippen LogP contribution is -2.50. The lowest BCUT2D eigenvalue weighted by atomic mass is 10.2. The molecule has 1 atom stereocenters. The number of carbonyl (C=O) groups excluding carboxylic acids is 1. The summed E-state index contributed by atoms with van der Waals surface area (Å²) in [4.78, 5) is 16.7. The van der Waals surface area contributed by atoms with Crippen LogP contribution >= 0.6 is 0 Å². The van der Waals surface area contributed by atoms with Crippen molar-refractivity contribution in [1.29, 1.82) is 0 Å². The van der Waals surface area contributed by atoms with Gasteiger partial charge in [0.05, 0.1) is 19.3 Å². The minimum atomic E-state index is 0.162. The molecule has 0 spiro atoms. The molecule has 1 saturated heterocycles. The summed E-state index contributed by atoms with van der Waals surface area (Å²) in [6, 6.07) is 8.45. The van der Waals surface area contributed by atoms with Crippen molar-refractivity contribution < 1.29 is 9.53 Å². The molecule has 1 aliphatic carbocycles. The van der Waals surface area contributed by atoms with Crippen LogP contribution in [0.5, 0.6) is 5.75 Å². The van der Waals surface area contributed by atoms with E-state index in [0.717, 1.165) is 37.6 Å². The molecule has 1 saturated carbocycles. The Bertz CT molecular complexity index is 537. The third-order valence-electron chi connectivity index (χ3n) is 4.88. The molecule has 1 aromatic rings. The maximum atomic E-state index is 12.1. The Kier molecular flexibility index (Phi) is 5.06. The van der Waals surface area contributed by atoms with Crippen LogP contribution in [0.1, 0.15) is 19.8 Å². The van der Waals surface area contributed by atoms with Gasteiger partial charge < -0.3 is 15.0 Å². The molecule has 1 aromatic carbocycles. The average molecular weight is 317 g/mol. The van der Waals surface area contributed by atoms with E-state index in [1.165, 1.54) is 12.8 Å². The molecule has 2 fully saturated rings. The van der Waals surface area contributed by atoms with E-state index in [-0.39, 0.29) is 5.91 Å². The first-order chi connectivity index (χ1) is 11.2. The number of carbonyl (C=O) groups is 1. The van der Waals surface area contributed by atoms with E-state index in [1.54, 1.807) is 7.11 Å². The molecule has 2 aliphatic rings. The van der Waals surface area contributed by atoms with Gasteiger partial charge in [0.15, 0.2) is 0 Å². The number of amides is 1. The number of methoxy groups -OCH3 is 1. The molecular weight excluding hydrogens is 290 g/mol. The Balaban J connectivity index is 1.47. The molecule has 23 heavy (non-hydrogen) atoms. The highest BCUT2D eigenvalue weighted by molar-refractivity contribution is 5.78. The van der Waals surface area contributed by atoms with Crippen LogP contribution in [-0.4, -0.2) is 56.7 Å². The summed E-state index contributed by atoms with van der Waals surface area (Å²) in [6.07, 6.45) is 2.53. The monoisotopic (exact) mass is 317 g/mol. The Morgan fingerprint density at radius 1 is 1.26 bits per heavy atom. The second-order valence-corrected chi connectivity index (χ2v) is 6.63. The quantitative estimate of drug-likeness (QED) is 0.868. The predicted molar refractivity (Wildman–Crippen MR) is 92.0 cm³/mol. The summed E-state index contributed by atoms with van der Waals surface area (Å²) in [6.45, 7) is 6.29. The van der Waals surface area contributed by atoms with Gasteiger partial charge in [0.2, 0.25) is 5.91 Å². The van der Waals surface area contributed by atoms with E-state index in [4.69, 9.17) is 4.74 Å². The second kappa shape index (κ2) is 7.21. The zero-order chi connectivity index (χ0) is 16.2. The molecule has 1 amide bonds. The molecule has 1 heterocycles. The van der Waals surface area contributed by atoms with Gasteiger partial charge in [0.1, 0.15) is 5.75 Å². The number of ether oxygens (including phenoxy) is 1. The molecule has 0 unspecified atom stereocenters. The Morgan fingerprint density at radius 2 is 1.96 bits per heavy atom. The first kappa shape index (κ1) is 16.1. The number of para-hydroxylation sites is 2. The van der Waals surface area contributed by atoms with E-state index >= 15 is 0 Å². The van der Waals surface area contributed by atoms with Gasteiger partial charge in [-0.3, -0.25) is 9.69 Å². The summed E-state index contributed by atoms with van der Waals surface area (Å²) < 4.78 is 5.44. The molecule has 1 aliphatic heterocycles. The van der Waals surface area contributed by atoms with Crippen molar-refractivity contribution >= 4 is 11.6 Å². The highest BCUT2D eigenvalue weighted by Crippen LogP contribution is 2.32. The van der Waals surface area contributed by atoms with Gasteiger partial charge in [-0.2, -0.15) is 0 Å². The van der Waals surface area contributed by atoms with Crippen molar-refractivity contribution in [3.8, 4) is 5.75 Å². The van der Waals surface area contributed by atoms with Crippen molar-refractivity contribution in [1.82, 2.24) is 10.2 Å². The van der Waals surface area contributed by atoms with E-state index in [1.807, 2.05) is 18.2 Å². The fourth-order valence-electron chi connectivity index (χ4n) is 3.25. The molecule has 0 radical (unpaired) electrons. The first-order valence-electron chi connectivity index (χ1n) is 8.57. The largest absolute Gasteiger partial charge is 0.495 e. The van der Waals surface area contributed by atoms with Crippen LogP contribution in [0, 0.1) is 5.92 Å². The van der Waals surface area contributed by atoms with Crippen molar-refractivity contribution in [2.45, 2.75) is 25.8 Å². The van der Waals surface area contributed by atoms with Crippen molar-refractivity contribution in [2.24, 2.45) is 5.92 Å². The zero-order valence-electron chi connectivity index (χ0n) is 14.1. The number of nitrogens with zero attached hydrogens (tertiary/aromatic N) is 2. The molecule has 126 valence electrons. The first-order valence-corrected chi connectivity index (χ1v) is 8.57. The van der Waals surface area contributed by atoms with E-state index < -0.39 is 0 Å². The maximum Gasteiger partial charge on any atom is 0.234 e. The highest BCUT2D eigenvalue weighted by atomic mass is 16.5. The van der Waals surface area contributed by atoms with Crippen LogP contribution in [0.2, 0.25) is 0 Å². The van der Waals surface area contributed by atoms with Gasteiger partial charge in [0.25, 0.3) is 0 Å². The van der Waals surface area contributed by atoms with Crippen LogP contribution in [-0.2, 0) is 4.79 Å². The van der Waals surface area contributed by atoms with E-state index in [0.29, 0.717) is 18.5 Å². The van der Waals surface area contributed by atoms with Gasteiger partial charge >= 0.3 is 0 Å². The molecule has 5 nitrogen and oxygen atoms in total. The number of benzene rings is 1. The van der Waals surface area contributed by atoms with Crippen LogP contribution in [0.3, 0.4) is 0 Å². The smallest absolute Gasteiger partial charge is 0.234 e. The molecule has 5 heteroatoms. The highest BCUT2D eigenvalue weighted by Gasteiger charge is 2.29. The zero-order valence-corrected chi connectivity index (χ0v) is 14.1. The average Bonchev–Trinajstić information content (AvgIpc) is 3.40. The number of hydrogen-bond acceptors (Lipinski definition) is 4. The predicted octanol–water partition coefficient (Wildman–Crippen LogP) is 1.73. The fraction of sp³-hybridized carbons (Fsp3) is 0.611. The van der Waals surface area contributed by atoms with Crippen molar-refractivity contribution in [2.75, 3.05) is 44.7 Å². The van der Waals surface area contributed by atoms with Crippen LogP contribution in [0.15, 0.2) is 24.3 Å². The molecule has 1 N–H and O–H groups in total. The Morgan fingerprint density at radius 3 is 2.61 bits per heavy atom. The van der Waals surface area contributed by atoms with Gasteiger partial charge in [-0.1, -0.05) is 12.1 Å². The lowest BCUT2D eigenvalue weighted by Gasteiger charge is -2.36.